The number of aliphatic carboxylic acids is 1. The minimum atomic E-state index is -0.787. The molecule has 0 saturated carbocycles. The molecule has 4 rings (SSSR count). The number of hydrogen-bond donors (Lipinski definition) is 2. The number of carboxylic acids is 1. The zero-order chi connectivity index (χ0) is 27.1. The molecule has 3 aromatic rings. The predicted molar refractivity (Wildman–Crippen MR) is 147 cm³/mol. The van der Waals surface area contributed by atoms with E-state index in [4.69, 9.17) is 5.11 Å². The third kappa shape index (κ3) is 6.76. The third-order valence-electron chi connectivity index (χ3n) is 7.51. The number of unbranched alkanes of at least 4 members (excludes halogenated alkanes) is 2. The van der Waals surface area contributed by atoms with Crippen LogP contribution in [-0.2, 0) is 11.3 Å². The maximum Gasteiger partial charge on any atom is 0.303 e. The number of piperazine rings is 1. The van der Waals surface area contributed by atoms with Gasteiger partial charge in [0.25, 0.3) is 0 Å². The second kappa shape index (κ2) is 13.0. The Kier molecular flexibility index (Phi) is 9.47. The summed E-state index contributed by atoms with van der Waals surface area (Å²) < 4.78 is 1.74. The van der Waals surface area contributed by atoms with Crippen molar-refractivity contribution in [3.63, 3.8) is 0 Å². The Balaban J connectivity index is 1.57. The first-order valence-electron chi connectivity index (χ1n) is 13.7. The molecule has 2 N–H and O–H groups in total. The number of carbonyl (C=O) groups is 1. The summed E-state index contributed by atoms with van der Waals surface area (Å²) in [7, 11) is 0. The highest BCUT2D eigenvalue weighted by Crippen LogP contribution is 2.35. The number of aromatic hydroxyl groups is 1. The van der Waals surface area contributed by atoms with Gasteiger partial charge in [-0.25, -0.2) is 4.68 Å². The number of aryl methyl sites for hydroxylation is 1. The van der Waals surface area contributed by atoms with Gasteiger partial charge in [-0.05, 0) is 73.3 Å². The number of tetrazole rings is 1. The first kappa shape index (κ1) is 27.7. The fraction of sp³-hybridized carbons (Fsp3) is 0.517. The summed E-state index contributed by atoms with van der Waals surface area (Å²) in [4.78, 5) is 16.0. The fourth-order valence-electron chi connectivity index (χ4n) is 5.44. The van der Waals surface area contributed by atoms with Gasteiger partial charge in [-0.15, -0.1) is 5.10 Å². The molecule has 1 saturated heterocycles. The van der Waals surface area contributed by atoms with Crippen LogP contribution in [0.2, 0.25) is 0 Å². The largest absolute Gasteiger partial charge is 0.508 e. The number of phenols is 1. The van der Waals surface area contributed by atoms with E-state index in [-0.39, 0.29) is 18.2 Å². The summed E-state index contributed by atoms with van der Waals surface area (Å²) in [6, 6.07) is 16.8. The fourth-order valence-corrected chi connectivity index (χ4v) is 5.44. The summed E-state index contributed by atoms with van der Waals surface area (Å²) in [6.07, 6.45) is 3.84. The average Bonchev–Trinajstić information content (AvgIpc) is 3.37. The highest BCUT2D eigenvalue weighted by Gasteiger charge is 2.34. The Hall–Kier alpha value is -3.30. The van der Waals surface area contributed by atoms with Crippen LogP contribution in [0.3, 0.4) is 0 Å². The maximum atomic E-state index is 10.8. The van der Waals surface area contributed by atoms with E-state index >= 15 is 0 Å². The molecule has 0 radical (unpaired) electrons. The van der Waals surface area contributed by atoms with Gasteiger partial charge in [0.2, 0.25) is 0 Å². The van der Waals surface area contributed by atoms with Crippen molar-refractivity contribution in [2.24, 2.45) is 0 Å². The Morgan fingerprint density at radius 3 is 2.50 bits per heavy atom. The molecule has 204 valence electrons. The van der Waals surface area contributed by atoms with Gasteiger partial charge >= 0.3 is 5.97 Å². The lowest BCUT2D eigenvalue weighted by Crippen LogP contribution is -2.57. The normalized spacial score (nSPS) is 19.4. The van der Waals surface area contributed by atoms with E-state index in [0.29, 0.717) is 37.3 Å². The van der Waals surface area contributed by atoms with Gasteiger partial charge in [0, 0.05) is 43.7 Å². The zero-order valence-electron chi connectivity index (χ0n) is 22.7. The van der Waals surface area contributed by atoms with E-state index in [1.54, 1.807) is 10.7 Å². The number of benzene rings is 2. The molecule has 2 heterocycles. The van der Waals surface area contributed by atoms with Crippen molar-refractivity contribution in [1.82, 2.24) is 30.0 Å². The summed E-state index contributed by atoms with van der Waals surface area (Å²) in [5.74, 6) is 0.158. The first-order chi connectivity index (χ1) is 18.4. The first-order valence-corrected chi connectivity index (χ1v) is 13.7. The van der Waals surface area contributed by atoms with Gasteiger partial charge < -0.3 is 10.2 Å². The molecule has 1 aromatic heterocycles. The molecule has 9 nitrogen and oxygen atoms in total. The Morgan fingerprint density at radius 1 is 1.00 bits per heavy atom. The van der Waals surface area contributed by atoms with E-state index in [1.165, 1.54) is 12.8 Å². The van der Waals surface area contributed by atoms with Gasteiger partial charge in [-0.1, -0.05) is 49.7 Å². The van der Waals surface area contributed by atoms with Crippen LogP contribution in [0.15, 0.2) is 48.5 Å². The molecule has 9 heteroatoms. The number of hydrogen-bond acceptors (Lipinski definition) is 7. The molecule has 0 unspecified atom stereocenters. The lowest BCUT2D eigenvalue weighted by molar-refractivity contribution is -0.137. The zero-order valence-corrected chi connectivity index (χ0v) is 22.7. The number of phenolic OH excluding ortho intramolecular Hbond substituents is 1. The highest BCUT2D eigenvalue weighted by molar-refractivity contribution is 5.66. The molecule has 0 bridgehead atoms. The molecular formula is C29H40N6O3. The monoisotopic (exact) mass is 520 g/mol. The van der Waals surface area contributed by atoms with Crippen LogP contribution in [0.1, 0.15) is 70.0 Å². The molecule has 0 spiro atoms. The molecule has 1 aliphatic rings. The Bertz CT molecular complexity index is 1180. The second-order valence-corrected chi connectivity index (χ2v) is 10.4. The number of carboxylic acid groups (broad SMARTS) is 1. The average molecular weight is 521 g/mol. The second-order valence-electron chi connectivity index (χ2n) is 10.4. The number of aromatic nitrogens is 4. The molecule has 0 aliphatic carbocycles. The van der Waals surface area contributed by atoms with Crippen LogP contribution < -0.4 is 0 Å². The summed E-state index contributed by atoms with van der Waals surface area (Å²) in [5.41, 5.74) is 3.14. The van der Waals surface area contributed by atoms with E-state index in [9.17, 15) is 9.90 Å². The van der Waals surface area contributed by atoms with Crippen molar-refractivity contribution in [3.8, 4) is 17.1 Å². The standard InChI is InChI=1S/C29H40N6O3/c1-4-5-16-33-19-22(3)34(20-21(33)2)28(25-9-8-10-26(36)18-25)23-12-14-24(15-13-23)29-30-31-32-35(29)17-7-6-11-27(37)38/h8-10,12-15,18,21-22,28,36H,4-7,11,16-17,19-20H2,1-3H3,(H,37,38)/t21-,22+,28-/m1/s1. The number of nitrogens with zero attached hydrogens (tertiary/aromatic N) is 6. The van der Waals surface area contributed by atoms with Crippen molar-refractivity contribution >= 4 is 5.97 Å². The van der Waals surface area contributed by atoms with Crippen LogP contribution >= 0.6 is 0 Å². The molecule has 1 aliphatic heterocycles. The lowest BCUT2D eigenvalue weighted by atomic mass is 9.92. The quantitative estimate of drug-likeness (QED) is 0.334. The van der Waals surface area contributed by atoms with E-state index < -0.39 is 5.97 Å². The van der Waals surface area contributed by atoms with Crippen LogP contribution in [-0.4, -0.2) is 77.9 Å². The van der Waals surface area contributed by atoms with Crippen LogP contribution in [0.5, 0.6) is 5.75 Å². The van der Waals surface area contributed by atoms with Gasteiger partial charge in [-0.3, -0.25) is 14.6 Å². The Labute approximate surface area is 225 Å². The summed E-state index contributed by atoms with van der Waals surface area (Å²) in [5, 5.41) is 31.4. The summed E-state index contributed by atoms with van der Waals surface area (Å²) >= 11 is 0. The lowest BCUT2D eigenvalue weighted by Gasteiger charge is -2.47. The van der Waals surface area contributed by atoms with Crippen molar-refractivity contribution in [2.75, 3.05) is 19.6 Å². The molecule has 0 amide bonds. The molecular weight excluding hydrogens is 480 g/mol. The van der Waals surface area contributed by atoms with Crippen LogP contribution in [0, 0.1) is 0 Å². The number of rotatable bonds is 12. The smallest absolute Gasteiger partial charge is 0.303 e. The predicted octanol–water partition coefficient (Wildman–Crippen LogP) is 4.58. The molecule has 3 atom stereocenters. The Morgan fingerprint density at radius 2 is 1.79 bits per heavy atom. The molecule has 2 aromatic carbocycles. The van der Waals surface area contributed by atoms with Crippen LogP contribution in [0.4, 0.5) is 0 Å². The third-order valence-corrected chi connectivity index (χ3v) is 7.51. The van der Waals surface area contributed by atoms with Crippen molar-refractivity contribution in [1.29, 1.82) is 0 Å². The topological polar surface area (TPSA) is 108 Å². The highest BCUT2D eigenvalue weighted by atomic mass is 16.4. The molecule has 1 fully saturated rings. The summed E-state index contributed by atoms with van der Waals surface area (Å²) in [6.45, 7) is 10.5. The maximum absolute atomic E-state index is 10.8. The van der Waals surface area contributed by atoms with E-state index in [2.05, 4.69) is 76.4 Å². The van der Waals surface area contributed by atoms with Gasteiger partial charge in [0.05, 0.1) is 6.04 Å². The van der Waals surface area contributed by atoms with Gasteiger partial charge in [0.1, 0.15) is 5.75 Å². The minimum absolute atomic E-state index is 0.00828. The minimum Gasteiger partial charge on any atom is -0.508 e. The van der Waals surface area contributed by atoms with Crippen molar-refractivity contribution in [3.05, 3.63) is 59.7 Å². The SMILES string of the molecule is CCCCN1C[C@H](C)N([C@H](c2ccc(-c3nnnn3CCCCC(=O)O)cc2)c2cccc(O)c2)C[C@H]1C. The van der Waals surface area contributed by atoms with E-state index in [1.807, 2.05) is 12.1 Å². The van der Waals surface area contributed by atoms with Crippen molar-refractivity contribution in [2.45, 2.75) is 77.5 Å². The van der Waals surface area contributed by atoms with Gasteiger partial charge in [0.15, 0.2) is 5.82 Å². The van der Waals surface area contributed by atoms with E-state index in [0.717, 1.165) is 36.3 Å². The molecule has 38 heavy (non-hydrogen) atoms. The van der Waals surface area contributed by atoms with Crippen molar-refractivity contribution < 1.29 is 15.0 Å². The van der Waals surface area contributed by atoms with Crippen LogP contribution in [0.25, 0.3) is 11.4 Å². The van der Waals surface area contributed by atoms with Gasteiger partial charge in [-0.2, -0.15) is 0 Å².